The number of fused-ring (bicyclic) bond motifs is 2. The minimum atomic E-state index is -4.71. The van der Waals surface area contributed by atoms with Gasteiger partial charge < -0.3 is 19.0 Å². The number of nitrogens with zero attached hydrogens (tertiary/aromatic N) is 5. The van der Waals surface area contributed by atoms with Crippen molar-refractivity contribution in [3.63, 3.8) is 0 Å². The summed E-state index contributed by atoms with van der Waals surface area (Å²) in [5.74, 6) is -0.532. The van der Waals surface area contributed by atoms with Gasteiger partial charge in [-0.3, -0.25) is 14.7 Å². The molecule has 1 aromatic carbocycles. The normalized spacial score (nSPS) is 16.8. The molecule has 0 radical (unpaired) electrons. The fraction of sp³-hybridized carbons (Fsp3) is 0.312. The van der Waals surface area contributed by atoms with Gasteiger partial charge in [0.05, 0.1) is 47.8 Å². The topological polar surface area (TPSA) is 98.2 Å². The zero-order valence-corrected chi connectivity index (χ0v) is 25.0. The number of alkyl halides is 3. The van der Waals surface area contributed by atoms with Crippen LogP contribution in [0, 0.1) is 5.82 Å². The van der Waals surface area contributed by atoms with Crippen molar-refractivity contribution in [3.05, 3.63) is 104 Å². The third kappa shape index (κ3) is 6.22. The molecule has 238 valence electrons. The van der Waals surface area contributed by atoms with Crippen molar-refractivity contribution < 1.29 is 27.0 Å². The first kappa shape index (κ1) is 30.3. The number of pyridine rings is 3. The van der Waals surface area contributed by atoms with Crippen LogP contribution in [0.5, 0.6) is 5.88 Å². The second-order valence-corrected chi connectivity index (χ2v) is 11.8. The van der Waals surface area contributed by atoms with Gasteiger partial charge in [0.15, 0.2) is 0 Å². The Morgan fingerprint density at radius 1 is 1.13 bits per heavy atom. The van der Waals surface area contributed by atoms with Crippen molar-refractivity contribution >= 4 is 22.6 Å². The van der Waals surface area contributed by atoms with E-state index in [1.165, 1.54) is 18.2 Å². The van der Waals surface area contributed by atoms with Gasteiger partial charge in [0.25, 0.3) is 0 Å². The molecule has 0 unspecified atom stereocenters. The number of rotatable bonds is 8. The number of aromatic nitrogens is 5. The Kier molecular flexibility index (Phi) is 7.99. The quantitative estimate of drug-likeness (QED) is 0.208. The number of imidazole rings is 1. The van der Waals surface area contributed by atoms with E-state index in [0.717, 1.165) is 29.9 Å². The lowest BCUT2D eigenvalue weighted by Gasteiger charge is -2.30. The average Bonchev–Trinajstić information content (AvgIpc) is 3.33. The summed E-state index contributed by atoms with van der Waals surface area (Å²) in [7, 11) is 0. The Morgan fingerprint density at radius 2 is 1.98 bits per heavy atom. The molecule has 0 spiro atoms. The zero-order valence-electron chi connectivity index (χ0n) is 24.3. The Bertz CT molecular complexity index is 1990. The van der Waals surface area contributed by atoms with E-state index in [1.54, 1.807) is 18.5 Å². The highest BCUT2D eigenvalue weighted by molar-refractivity contribution is 6.30. The van der Waals surface area contributed by atoms with E-state index in [0.29, 0.717) is 60.7 Å². The molecular formula is C32H27ClF4N6O3. The minimum Gasteiger partial charge on any atom is -0.472 e. The minimum absolute atomic E-state index is 0.0400. The highest BCUT2D eigenvalue weighted by Gasteiger charge is 2.37. The van der Waals surface area contributed by atoms with Crippen molar-refractivity contribution in [1.29, 1.82) is 0 Å². The van der Waals surface area contributed by atoms with Gasteiger partial charge in [-0.25, -0.2) is 14.4 Å². The maximum absolute atomic E-state index is 14.3. The molecule has 1 fully saturated rings. The summed E-state index contributed by atoms with van der Waals surface area (Å²) in [6.07, 6.45) is -0.103. The van der Waals surface area contributed by atoms with Crippen molar-refractivity contribution in [2.24, 2.45) is 0 Å². The summed E-state index contributed by atoms with van der Waals surface area (Å²) >= 11 is 5.80. The average molecular weight is 655 g/mol. The van der Waals surface area contributed by atoms with Gasteiger partial charge in [-0.05, 0) is 48.7 Å². The maximum atomic E-state index is 14.3. The van der Waals surface area contributed by atoms with Crippen LogP contribution in [-0.4, -0.2) is 48.7 Å². The smallest absolute Gasteiger partial charge is 0.421 e. The Morgan fingerprint density at radius 3 is 2.72 bits per heavy atom. The van der Waals surface area contributed by atoms with Gasteiger partial charge in [-0.15, -0.1) is 0 Å². The van der Waals surface area contributed by atoms with E-state index in [2.05, 4.69) is 24.4 Å². The van der Waals surface area contributed by atoms with Crippen LogP contribution in [0.1, 0.15) is 34.6 Å². The molecule has 4 aromatic heterocycles. The number of hydrogen-bond acceptors (Lipinski definition) is 7. The number of benzene rings is 1. The molecule has 5 aromatic rings. The van der Waals surface area contributed by atoms with Crippen LogP contribution in [0.2, 0.25) is 5.02 Å². The molecule has 9 nitrogen and oxygen atoms in total. The van der Waals surface area contributed by atoms with Crippen LogP contribution in [0.3, 0.4) is 0 Å². The zero-order chi connectivity index (χ0) is 32.0. The third-order valence-corrected chi connectivity index (χ3v) is 8.48. The SMILES string of the molecule is O=c1cc(-c2cc3nc(CN4CCc5cc(C(F)(F)F)c(OCc6ccc(Cl)cc6F)nc5C4)n(C[C@@H]4CCO4)c3cn2)cc[nH]1. The lowest BCUT2D eigenvalue weighted by Crippen LogP contribution is -2.34. The Hall–Kier alpha value is -4.33. The van der Waals surface area contributed by atoms with Crippen LogP contribution in [-0.2, 0) is 43.6 Å². The molecule has 2 aliphatic heterocycles. The molecule has 1 N–H and O–H groups in total. The predicted molar refractivity (Wildman–Crippen MR) is 161 cm³/mol. The van der Waals surface area contributed by atoms with Gasteiger partial charge in [0.1, 0.15) is 23.8 Å². The molecule has 46 heavy (non-hydrogen) atoms. The molecule has 1 saturated heterocycles. The number of halogens is 5. The predicted octanol–water partition coefficient (Wildman–Crippen LogP) is 5.92. The van der Waals surface area contributed by atoms with E-state index in [4.69, 9.17) is 26.1 Å². The van der Waals surface area contributed by atoms with Crippen molar-refractivity contribution in [2.75, 3.05) is 13.2 Å². The van der Waals surface area contributed by atoms with E-state index in [9.17, 15) is 22.4 Å². The lowest BCUT2D eigenvalue weighted by atomic mass is 10.0. The summed E-state index contributed by atoms with van der Waals surface area (Å²) in [5.41, 5.74) is 2.55. The van der Waals surface area contributed by atoms with Gasteiger partial charge in [-0.2, -0.15) is 13.2 Å². The van der Waals surface area contributed by atoms with Crippen molar-refractivity contribution in [1.82, 2.24) is 29.4 Å². The van der Waals surface area contributed by atoms with Crippen LogP contribution >= 0.6 is 11.6 Å². The van der Waals surface area contributed by atoms with E-state index in [-0.39, 0.29) is 28.8 Å². The molecule has 6 heterocycles. The largest absolute Gasteiger partial charge is 0.472 e. The van der Waals surface area contributed by atoms with E-state index < -0.39 is 30.0 Å². The number of H-pyrrole nitrogens is 1. The molecule has 1 atom stereocenters. The summed E-state index contributed by atoms with van der Waals surface area (Å²) < 4.78 is 69.6. The van der Waals surface area contributed by atoms with Crippen molar-refractivity contribution in [3.8, 4) is 17.1 Å². The fourth-order valence-corrected chi connectivity index (χ4v) is 5.88. The second-order valence-electron chi connectivity index (χ2n) is 11.3. The number of nitrogens with one attached hydrogen (secondary N) is 1. The molecule has 14 heteroatoms. The molecule has 7 rings (SSSR count). The highest BCUT2D eigenvalue weighted by Crippen LogP contribution is 2.38. The standard InChI is InChI=1S/C32H27ClF4N6O3/c33-21-2-1-20(24(34)11-21)17-46-31-23(32(35,36)37)9-19-4-7-42(15-27(19)41-31)16-29-40-26-12-25(18-3-6-38-30(44)10-18)39-13-28(26)43(29)14-22-5-8-45-22/h1-3,6,9-13,22H,4-5,7-8,14-17H2,(H,38,44)/t22-/m0/s1. The molecular weight excluding hydrogens is 628 g/mol. The number of hydrogen-bond donors (Lipinski definition) is 1. The first-order chi connectivity index (χ1) is 22.1. The van der Waals surface area contributed by atoms with Gasteiger partial charge >= 0.3 is 6.18 Å². The first-order valence-electron chi connectivity index (χ1n) is 14.7. The Balaban J connectivity index is 1.17. The highest BCUT2D eigenvalue weighted by atomic mass is 35.5. The van der Waals surface area contributed by atoms with Gasteiger partial charge in [0, 0.05) is 48.1 Å². The maximum Gasteiger partial charge on any atom is 0.421 e. The monoisotopic (exact) mass is 654 g/mol. The lowest BCUT2D eigenvalue weighted by molar-refractivity contribution is -0.139. The van der Waals surface area contributed by atoms with E-state index >= 15 is 0 Å². The second kappa shape index (κ2) is 12.1. The van der Waals surface area contributed by atoms with Gasteiger partial charge in [-0.1, -0.05) is 17.7 Å². The number of ether oxygens (including phenoxy) is 2. The summed E-state index contributed by atoms with van der Waals surface area (Å²) in [5, 5.41) is 0.169. The van der Waals surface area contributed by atoms with Crippen LogP contribution < -0.4 is 10.3 Å². The molecule has 0 bridgehead atoms. The molecule has 0 aliphatic carbocycles. The van der Waals surface area contributed by atoms with Crippen LogP contribution in [0.4, 0.5) is 17.6 Å². The summed E-state index contributed by atoms with van der Waals surface area (Å²) in [6, 6.07) is 10.0. The Labute approximate surface area is 264 Å². The fourth-order valence-electron chi connectivity index (χ4n) is 5.72. The third-order valence-electron chi connectivity index (χ3n) is 8.24. The number of aromatic amines is 1. The van der Waals surface area contributed by atoms with Crippen molar-refractivity contribution in [2.45, 2.75) is 51.4 Å². The van der Waals surface area contributed by atoms with Crippen LogP contribution in [0.25, 0.3) is 22.3 Å². The van der Waals surface area contributed by atoms with E-state index in [1.807, 2.05) is 6.07 Å². The van der Waals surface area contributed by atoms with Crippen LogP contribution in [0.15, 0.2) is 59.7 Å². The summed E-state index contributed by atoms with van der Waals surface area (Å²) in [6.45, 7) is 1.98. The summed E-state index contributed by atoms with van der Waals surface area (Å²) in [4.78, 5) is 30.3. The molecule has 0 saturated carbocycles. The molecule has 2 aliphatic rings. The first-order valence-corrected chi connectivity index (χ1v) is 15.0. The van der Waals surface area contributed by atoms with Gasteiger partial charge in [0.2, 0.25) is 11.4 Å². The molecule has 0 amide bonds.